The van der Waals surface area contributed by atoms with Crippen LogP contribution in [0.25, 0.3) is 22.4 Å². The smallest absolute Gasteiger partial charge is 0.415 e. The number of aromatic nitrogens is 3. The minimum atomic E-state index is -0.190. The number of benzene rings is 2. The number of hydrogen-bond donors (Lipinski definition) is 1. The molecule has 1 saturated carbocycles. The fraction of sp³-hybridized carbons (Fsp3) is 0.320. The monoisotopic (exact) mass is 431 g/mol. The Kier molecular flexibility index (Phi) is 5.06. The van der Waals surface area contributed by atoms with Crippen LogP contribution in [0.15, 0.2) is 59.3 Å². The first-order valence-corrected chi connectivity index (χ1v) is 10.9. The molecular weight excluding hydrogens is 404 g/mol. The van der Waals surface area contributed by atoms with Gasteiger partial charge in [-0.3, -0.25) is 0 Å². The van der Waals surface area contributed by atoms with Gasteiger partial charge in [0.15, 0.2) is 5.82 Å². The molecule has 0 saturated heterocycles. The van der Waals surface area contributed by atoms with Crippen LogP contribution >= 0.6 is 0 Å². The van der Waals surface area contributed by atoms with Crippen molar-refractivity contribution < 1.29 is 18.5 Å². The molecule has 7 nitrogen and oxygen atoms in total. The number of fused-ring (bicyclic) bond motifs is 1. The predicted molar refractivity (Wildman–Crippen MR) is 121 cm³/mol. The van der Waals surface area contributed by atoms with Crippen LogP contribution in [0.2, 0.25) is 0 Å². The van der Waals surface area contributed by atoms with Gasteiger partial charge in [-0.15, -0.1) is 0 Å². The highest BCUT2D eigenvalue weighted by Gasteiger charge is 2.47. The van der Waals surface area contributed by atoms with E-state index in [0.717, 1.165) is 29.5 Å². The van der Waals surface area contributed by atoms with E-state index in [1.165, 1.54) is 10.9 Å². The second-order valence-corrected chi connectivity index (χ2v) is 9.05. The van der Waals surface area contributed by atoms with Gasteiger partial charge in [-0.25, -0.2) is 4.48 Å². The molecule has 5 rings (SSSR count). The van der Waals surface area contributed by atoms with E-state index in [-0.39, 0.29) is 16.6 Å². The highest BCUT2D eigenvalue weighted by molar-refractivity contribution is 5.87. The molecule has 0 spiro atoms. The molecule has 1 fully saturated rings. The summed E-state index contributed by atoms with van der Waals surface area (Å²) in [5, 5.41) is 5.06. The molecule has 32 heavy (non-hydrogen) atoms. The van der Waals surface area contributed by atoms with Crippen molar-refractivity contribution in [1.82, 2.24) is 15.1 Å². The first kappa shape index (κ1) is 20.5. The number of aryl methyl sites for hydroxylation is 1. The van der Waals surface area contributed by atoms with Crippen LogP contribution in [0.3, 0.4) is 0 Å². The van der Waals surface area contributed by atoms with E-state index in [1.54, 1.807) is 0 Å². The summed E-state index contributed by atoms with van der Waals surface area (Å²) in [4.78, 5) is 20.5. The Labute approximate surface area is 186 Å². The molecule has 1 amide bonds. The van der Waals surface area contributed by atoms with Gasteiger partial charge < -0.3 is 14.2 Å². The van der Waals surface area contributed by atoms with Crippen molar-refractivity contribution in [2.45, 2.75) is 38.3 Å². The van der Waals surface area contributed by atoms with Crippen molar-refractivity contribution in [2.75, 3.05) is 14.1 Å². The number of carbonyl (C=O) groups excluding carboxylic acids is 1. The number of quaternary nitrogens is 1. The first-order valence-electron chi connectivity index (χ1n) is 10.9. The number of nitrogens with zero attached hydrogens (tertiary/aromatic N) is 3. The number of H-pyrrole nitrogens is 1. The maximum absolute atomic E-state index is 12.8. The van der Waals surface area contributed by atoms with E-state index in [4.69, 9.17) is 9.26 Å². The maximum atomic E-state index is 12.8. The Bertz CT molecular complexity index is 1250. The van der Waals surface area contributed by atoms with Crippen molar-refractivity contribution in [1.29, 1.82) is 0 Å². The summed E-state index contributed by atoms with van der Waals surface area (Å²) >= 11 is 0. The van der Waals surface area contributed by atoms with Crippen LogP contribution in [0.1, 0.15) is 35.7 Å². The zero-order valence-corrected chi connectivity index (χ0v) is 18.5. The summed E-state index contributed by atoms with van der Waals surface area (Å²) in [7, 11) is 3.89. The standard InChI is InChI=1S/C25H27N4O3/c1-16-27-24(32-28-16)18-9-10-23-21(13-18)22(14-26-23)19-11-20(12-19)29(2,3)25(30)31-15-17-7-5-4-6-8-17/h4-10,13-14,19-20,26H,11-12,15H2,1-3H3/q+1/t19-,20-. The molecule has 1 aliphatic rings. The average Bonchev–Trinajstić information content (AvgIpc) is 3.37. The van der Waals surface area contributed by atoms with Crippen molar-refractivity contribution >= 4 is 17.0 Å². The molecule has 164 valence electrons. The van der Waals surface area contributed by atoms with Gasteiger partial charge in [-0.05, 0) is 42.2 Å². The highest BCUT2D eigenvalue weighted by Crippen LogP contribution is 2.44. The van der Waals surface area contributed by atoms with Gasteiger partial charge >= 0.3 is 6.09 Å². The summed E-state index contributed by atoms with van der Waals surface area (Å²) in [5.41, 5.74) is 4.26. The van der Waals surface area contributed by atoms with Crippen LogP contribution in [0.4, 0.5) is 4.79 Å². The van der Waals surface area contributed by atoms with E-state index in [1.807, 2.05) is 63.5 Å². The van der Waals surface area contributed by atoms with E-state index >= 15 is 0 Å². The van der Waals surface area contributed by atoms with Gasteiger partial charge in [-0.2, -0.15) is 9.78 Å². The lowest BCUT2D eigenvalue weighted by atomic mass is 9.74. The van der Waals surface area contributed by atoms with Gasteiger partial charge in [-0.1, -0.05) is 35.5 Å². The number of nitrogens with one attached hydrogen (secondary N) is 1. The lowest BCUT2D eigenvalue weighted by Gasteiger charge is -2.43. The molecule has 1 aliphatic carbocycles. The maximum Gasteiger partial charge on any atom is 0.516 e. The molecule has 0 aliphatic heterocycles. The highest BCUT2D eigenvalue weighted by atomic mass is 16.6. The molecule has 0 bridgehead atoms. The fourth-order valence-corrected chi connectivity index (χ4v) is 4.43. The van der Waals surface area contributed by atoms with Gasteiger partial charge in [0.25, 0.3) is 5.89 Å². The molecule has 2 aromatic carbocycles. The Morgan fingerprint density at radius 3 is 2.69 bits per heavy atom. The van der Waals surface area contributed by atoms with Gasteiger partial charge in [0.1, 0.15) is 6.61 Å². The zero-order valence-electron chi connectivity index (χ0n) is 18.5. The normalized spacial score (nSPS) is 18.5. The Morgan fingerprint density at radius 1 is 1.19 bits per heavy atom. The predicted octanol–water partition coefficient (Wildman–Crippen LogP) is 5.19. The van der Waals surface area contributed by atoms with Crippen molar-refractivity contribution in [3.8, 4) is 11.5 Å². The SMILES string of the molecule is Cc1noc(-c2ccc3[nH]cc([C@H]4C[C@H]([N+](C)(C)C(=O)OCc5ccccc5)C4)c3c2)n1. The fourth-order valence-electron chi connectivity index (χ4n) is 4.43. The van der Waals surface area contributed by atoms with Crippen LogP contribution < -0.4 is 0 Å². The van der Waals surface area contributed by atoms with E-state index in [0.29, 0.717) is 24.2 Å². The third-order valence-corrected chi connectivity index (χ3v) is 6.63. The Morgan fingerprint density at radius 2 is 1.97 bits per heavy atom. The van der Waals surface area contributed by atoms with Crippen LogP contribution in [-0.2, 0) is 11.3 Å². The van der Waals surface area contributed by atoms with Crippen LogP contribution in [0.5, 0.6) is 0 Å². The minimum Gasteiger partial charge on any atom is -0.415 e. The third kappa shape index (κ3) is 3.69. The van der Waals surface area contributed by atoms with Crippen molar-refractivity contribution in [2.24, 2.45) is 0 Å². The average molecular weight is 432 g/mol. The molecule has 2 heterocycles. The van der Waals surface area contributed by atoms with Gasteiger partial charge in [0.05, 0.1) is 20.1 Å². The number of amides is 1. The second kappa shape index (κ2) is 7.91. The van der Waals surface area contributed by atoms with E-state index in [9.17, 15) is 4.79 Å². The molecule has 1 N–H and O–H groups in total. The number of carbonyl (C=O) groups is 1. The topological polar surface area (TPSA) is 81.0 Å². The number of ether oxygens (including phenoxy) is 1. The lowest BCUT2D eigenvalue weighted by molar-refractivity contribution is -0.851. The molecule has 0 radical (unpaired) electrons. The summed E-state index contributed by atoms with van der Waals surface area (Å²) < 4.78 is 11.2. The molecule has 4 aromatic rings. The second-order valence-electron chi connectivity index (χ2n) is 9.05. The minimum absolute atomic E-state index is 0.190. The number of rotatable bonds is 5. The van der Waals surface area contributed by atoms with Crippen LogP contribution in [-0.4, -0.2) is 45.8 Å². The molecule has 7 heteroatoms. The largest absolute Gasteiger partial charge is 0.516 e. The quantitative estimate of drug-likeness (QED) is 0.440. The number of aromatic amines is 1. The Hall–Kier alpha value is -3.45. The first-order chi connectivity index (χ1) is 15.4. The lowest BCUT2D eigenvalue weighted by Crippen LogP contribution is -2.57. The van der Waals surface area contributed by atoms with E-state index in [2.05, 4.69) is 27.4 Å². The third-order valence-electron chi connectivity index (χ3n) is 6.63. The van der Waals surface area contributed by atoms with Crippen LogP contribution in [0, 0.1) is 6.92 Å². The Balaban J connectivity index is 1.27. The summed E-state index contributed by atoms with van der Waals surface area (Å²) in [6, 6.07) is 16.2. The zero-order chi connectivity index (χ0) is 22.3. The van der Waals surface area contributed by atoms with E-state index < -0.39 is 0 Å². The van der Waals surface area contributed by atoms with Gasteiger partial charge in [0.2, 0.25) is 0 Å². The summed E-state index contributed by atoms with van der Waals surface area (Å²) in [6.07, 6.45) is 3.77. The molecule has 0 atom stereocenters. The molecule has 0 unspecified atom stereocenters. The molecular formula is C25H27N4O3+. The van der Waals surface area contributed by atoms with Crippen molar-refractivity contribution in [3.63, 3.8) is 0 Å². The van der Waals surface area contributed by atoms with Gasteiger partial charge in [0, 0.05) is 35.5 Å². The van der Waals surface area contributed by atoms with Crippen molar-refractivity contribution in [3.05, 3.63) is 71.7 Å². The molecule has 2 aromatic heterocycles. The summed E-state index contributed by atoms with van der Waals surface area (Å²) in [5.74, 6) is 1.55. The summed E-state index contributed by atoms with van der Waals surface area (Å²) in [6.45, 7) is 2.12. The number of hydrogen-bond acceptors (Lipinski definition) is 5.